The Morgan fingerprint density at radius 2 is 2.02 bits per heavy atom. The van der Waals surface area contributed by atoms with Gasteiger partial charge in [-0.1, -0.05) is 6.42 Å². The summed E-state index contributed by atoms with van der Waals surface area (Å²) in [7, 11) is 0. The SMILES string of the molecule is CC1=CN2C(=NCC2/C(C=N)=C/NCC(=O)Nc2ccc(F)c(F)c2)C(Nc2cc(CN3CCCCC3)ns2)=N1. The summed E-state index contributed by atoms with van der Waals surface area (Å²) in [5, 5.41) is 17.7. The third-order valence-electron chi connectivity index (χ3n) is 6.74. The molecule has 210 valence electrons. The van der Waals surface area contributed by atoms with Gasteiger partial charge in [-0.05, 0) is 62.6 Å². The van der Waals surface area contributed by atoms with E-state index in [1.54, 1.807) is 6.20 Å². The number of nitrogens with one attached hydrogen (secondary N) is 4. The van der Waals surface area contributed by atoms with Crippen LogP contribution in [0.1, 0.15) is 31.9 Å². The molecule has 40 heavy (non-hydrogen) atoms. The standard InChI is InChI=1S/C27H31F2N9OS/c1-17-15-38-23(18(11-30)12-31-14-24(39)34-19-5-6-21(28)22(29)9-19)13-32-27(38)26(33-17)35-25-10-20(36-40-25)16-37-7-3-2-4-8-37/h5-6,9-12,15,23,30-31H,2-4,7-8,13-14,16H2,1H3,(H,33,35)(H,34,39)/b18-12+,30-11?. The van der Waals surface area contributed by atoms with Crippen LogP contribution in [0.15, 0.2) is 57.9 Å². The van der Waals surface area contributed by atoms with Crippen LogP contribution in [0.25, 0.3) is 0 Å². The van der Waals surface area contributed by atoms with Crippen molar-refractivity contribution in [1.29, 1.82) is 5.41 Å². The number of fused-ring (bicyclic) bond motifs is 1. The van der Waals surface area contributed by atoms with E-state index < -0.39 is 17.5 Å². The minimum Gasteiger partial charge on any atom is -0.382 e. The summed E-state index contributed by atoms with van der Waals surface area (Å²) in [5.74, 6) is -1.16. The highest BCUT2D eigenvalue weighted by Crippen LogP contribution is 2.26. The van der Waals surface area contributed by atoms with Crippen molar-refractivity contribution in [3.8, 4) is 0 Å². The zero-order valence-corrected chi connectivity index (χ0v) is 22.9. The maximum atomic E-state index is 13.4. The van der Waals surface area contributed by atoms with Crippen LogP contribution in [-0.4, -0.2) is 70.2 Å². The highest BCUT2D eigenvalue weighted by molar-refractivity contribution is 7.10. The van der Waals surface area contributed by atoms with Crippen LogP contribution in [0, 0.1) is 17.0 Å². The van der Waals surface area contributed by atoms with Crippen LogP contribution in [0.5, 0.6) is 0 Å². The number of rotatable bonds is 9. The lowest BCUT2D eigenvalue weighted by Crippen LogP contribution is -2.42. The topological polar surface area (TPSA) is 121 Å². The first-order valence-electron chi connectivity index (χ1n) is 13.1. The zero-order chi connectivity index (χ0) is 28.1. The molecule has 3 aliphatic heterocycles. The second-order valence-corrected chi connectivity index (χ2v) is 10.6. The van der Waals surface area contributed by atoms with Gasteiger partial charge < -0.3 is 26.3 Å². The molecule has 0 spiro atoms. The number of benzene rings is 1. The van der Waals surface area contributed by atoms with Gasteiger partial charge in [-0.15, -0.1) is 0 Å². The number of carbonyl (C=O) groups excluding carboxylic acids is 1. The number of hydrogen-bond acceptors (Lipinski definition) is 10. The van der Waals surface area contributed by atoms with Gasteiger partial charge in [0.25, 0.3) is 0 Å². The van der Waals surface area contributed by atoms with Gasteiger partial charge in [-0.3, -0.25) is 14.7 Å². The summed E-state index contributed by atoms with van der Waals surface area (Å²) < 4.78 is 31.1. The number of anilines is 2. The lowest BCUT2D eigenvalue weighted by Gasteiger charge is -2.28. The largest absolute Gasteiger partial charge is 0.382 e. The molecule has 10 nitrogen and oxygen atoms in total. The molecule has 3 aliphatic rings. The maximum absolute atomic E-state index is 13.4. The monoisotopic (exact) mass is 567 g/mol. The van der Waals surface area contributed by atoms with E-state index in [-0.39, 0.29) is 18.3 Å². The van der Waals surface area contributed by atoms with Gasteiger partial charge in [0.05, 0.1) is 30.5 Å². The molecule has 1 aromatic carbocycles. The Labute approximate surface area is 235 Å². The van der Waals surface area contributed by atoms with Gasteiger partial charge >= 0.3 is 0 Å². The minimum atomic E-state index is -1.04. The Bertz CT molecular complexity index is 1390. The summed E-state index contributed by atoms with van der Waals surface area (Å²) in [4.78, 5) is 26.0. The number of amidine groups is 2. The van der Waals surface area contributed by atoms with Crippen LogP contribution in [0.3, 0.4) is 0 Å². The van der Waals surface area contributed by atoms with Crippen molar-refractivity contribution in [1.82, 2.24) is 19.5 Å². The summed E-state index contributed by atoms with van der Waals surface area (Å²) in [6.07, 6.45) is 8.48. The number of piperidine rings is 1. The Balaban J connectivity index is 1.18. The average Bonchev–Trinajstić information content (AvgIpc) is 3.56. The third kappa shape index (κ3) is 6.59. The first-order valence-corrected chi connectivity index (χ1v) is 13.9. The maximum Gasteiger partial charge on any atom is 0.243 e. The number of hydrogen-bond donors (Lipinski definition) is 4. The molecular weight excluding hydrogens is 536 g/mol. The Morgan fingerprint density at radius 1 is 1.20 bits per heavy atom. The molecule has 0 radical (unpaired) electrons. The number of carbonyl (C=O) groups is 1. The molecule has 0 aliphatic carbocycles. The second-order valence-electron chi connectivity index (χ2n) is 9.81. The van der Waals surface area contributed by atoms with E-state index in [2.05, 4.69) is 36.3 Å². The molecule has 1 saturated heterocycles. The zero-order valence-electron chi connectivity index (χ0n) is 22.1. The Morgan fingerprint density at radius 3 is 2.80 bits per heavy atom. The van der Waals surface area contributed by atoms with Gasteiger partial charge in [0.2, 0.25) is 5.91 Å². The molecule has 1 fully saturated rings. The van der Waals surface area contributed by atoms with Gasteiger partial charge in [-0.25, -0.2) is 13.8 Å². The molecule has 13 heteroatoms. The van der Waals surface area contributed by atoms with Crippen molar-refractivity contribution >= 4 is 46.0 Å². The number of likely N-dealkylation sites (tertiary alicyclic amines) is 1. The van der Waals surface area contributed by atoms with E-state index in [0.29, 0.717) is 23.8 Å². The molecule has 5 rings (SSSR count). The summed E-state index contributed by atoms with van der Waals surface area (Å²) >= 11 is 1.40. The van der Waals surface area contributed by atoms with E-state index in [9.17, 15) is 13.6 Å². The van der Waals surface area contributed by atoms with Crippen molar-refractivity contribution in [2.75, 3.05) is 36.8 Å². The third-order valence-corrected chi connectivity index (χ3v) is 7.48. The lowest BCUT2D eigenvalue weighted by atomic mass is 10.1. The van der Waals surface area contributed by atoms with Crippen LogP contribution in [0.2, 0.25) is 0 Å². The Hall–Kier alpha value is -3.97. The minimum absolute atomic E-state index is 0.120. The van der Waals surface area contributed by atoms with Crippen molar-refractivity contribution in [3.05, 3.63) is 65.3 Å². The molecular formula is C27H31F2N9OS. The summed E-state index contributed by atoms with van der Waals surface area (Å²) in [6.45, 7) is 5.26. The summed E-state index contributed by atoms with van der Waals surface area (Å²) in [5.41, 5.74) is 2.60. The van der Waals surface area contributed by atoms with Gasteiger partial charge in [0.1, 0.15) is 5.00 Å². The highest BCUT2D eigenvalue weighted by atomic mass is 32.1. The van der Waals surface area contributed by atoms with E-state index in [1.165, 1.54) is 43.1 Å². The molecule has 0 saturated carbocycles. The molecule has 1 unspecified atom stereocenters. The predicted molar refractivity (Wildman–Crippen MR) is 154 cm³/mol. The van der Waals surface area contributed by atoms with Gasteiger partial charge in [0.15, 0.2) is 23.3 Å². The molecule has 1 atom stereocenters. The van der Waals surface area contributed by atoms with Crippen molar-refractivity contribution < 1.29 is 13.6 Å². The van der Waals surface area contributed by atoms with Crippen molar-refractivity contribution in [2.24, 2.45) is 9.98 Å². The highest BCUT2D eigenvalue weighted by Gasteiger charge is 2.34. The van der Waals surface area contributed by atoms with E-state index in [0.717, 1.165) is 48.2 Å². The number of aliphatic imine (C=N–C) groups is 2. The fourth-order valence-corrected chi connectivity index (χ4v) is 5.49. The van der Waals surface area contributed by atoms with Crippen LogP contribution in [0.4, 0.5) is 19.5 Å². The molecule has 4 heterocycles. The fourth-order valence-electron chi connectivity index (χ4n) is 4.83. The second kappa shape index (κ2) is 12.5. The van der Waals surface area contributed by atoms with Gasteiger partial charge in [0, 0.05) is 42.5 Å². The van der Waals surface area contributed by atoms with E-state index in [4.69, 9.17) is 10.4 Å². The fraction of sp³-hybridized carbons (Fsp3) is 0.370. The number of halogens is 2. The van der Waals surface area contributed by atoms with Crippen molar-refractivity contribution in [2.45, 2.75) is 38.8 Å². The quantitative estimate of drug-likeness (QED) is 0.341. The predicted octanol–water partition coefficient (Wildman–Crippen LogP) is 3.94. The number of allylic oxidation sites excluding steroid dienone is 1. The number of aromatic nitrogens is 1. The van der Waals surface area contributed by atoms with E-state index in [1.807, 2.05) is 18.0 Å². The van der Waals surface area contributed by atoms with Crippen molar-refractivity contribution in [3.63, 3.8) is 0 Å². The first-order chi connectivity index (χ1) is 19.4. The lowest BCUT2D eigenvalue weighted by molar-refractivity contribution is -0.115. The first kappa shape index (κ1) is 27.6. The molecule has 2 aromatic rings. The molecule has 1 aromatic heterocycles. The Kier molecular flexibility index (Phi) is 8.60. The summed E-state index contributed by atoms with van der Waals surface area (Å²) in [6, 6.07) is 4.96. The molecule has 1 amide bonds. The van der Waals surface area contributed by atoms with Crippen LogP contribution >= 0.6 is 11.5 Å². The number of nitrogens with zero attached hydrogens (tertiary/aromatic N) is 5. The normalized spacial score (nSPS) is 19.4. The number of amides is 1. The average molecular weight is 568 g/mol. The smallest absolute Gasteiger partial charge is 0.243 e. The molecule has 4 N–H and O–H groups in total. The van der Waals surface area contributed by atoms with Crippen LogP contribution < -0.4 is 16.0 Å². The van der Waals surface area contributed by atoms with E-state index >= 15 is 0 Å². The molecule has 0 bridgehead atoms. The van der Waals surface area contributed by atoms with Gasteiger partial charge in [-0.2, -0.15) is 4.37 Å². The van der Waals surface area contributed by atoms with Crippen LogP contribution in [-0.2, 0) is 11.3 Å².